The Morgan fingerprint density at radius 1 is 0.731 bits per heavy atom. The van der Waals surface area contributed by atoms with Crippen LogP contribution in [-0.2, 0) is 7.05 Å². The zero-order valence-electron chi connectivity index (χ0n) is 14.0. The molecular weight excluding hydrogens is 334 g/mol. The van der Waals surface area contributed by atoms with Crippen molar-refractivity contribution < 1.29 is 29.0 Å². The first kappa shape index (κ1) is 15.0. The highest BCUT2D eigenvalue weighted by atomic mass is 16.7. The first-order valence-corrected chi connectivity index (χ1v) is 8.16. The summed E-state index contributed by atoms with van der Waals surface area (Å²) in [5, 5.41) is 5.66. The molecule has 0 unspecified atom stereocenters. The van der Waals surface area contributed by atoms with Crippen LogP contribution in [0.25, 0.3) is 32.4 Å². The van der Waals surface area contributed by atoms with Crippen molar-refractivity contribution in [2.75, 3.05) is 13.6 Å². The summed E-state index contributed by atoms with van der Waals surface area (Å²) >= 11 is 0. The molecule has 130 valence electrons. The Morgan fingerprint density at radius 3 is 2.35 bits per heavy atom. The van der Waals surface area contributed by atoms with E-state index in [4.69, 9.17) is 18.9 Å². The third-order valence-electron chi connectivity index (χ3n) is 5.03. The topological polar surface area (TPSA) is 70.8 Å². The van der Waals surface area contributed by atoms with Crippen LogP contribution >= 0.6 is 0 Å². The molecule has 2 aliphatic heterocycles. The van der Waals surface area contributed by atoms with Crippen molar-refractivity contribution in [3.63, 3.8) is 0 Å². The smallest absolute Gasteiger partial charge is 0.231 e. The molecule has 1 N–H and O–H groups in total. The second-order valence-electron chi connectivity index (χ2n) is 6.39. The summed E-state index contributed by atoms with van der Waals surface area (Å²) < 4.78 is 24.4. The van der Waals surface area contributed by atoms with Gasteiger partial charge in [0.1, 0.15) is 7.05 Å². The van der Waals surface area contributed by atoms with Gasteiger partial charge in [0.25, 0.3) is 0 Å². The van der Waals surface area contributed by atoms with Gasteiger partial charge in [0.15, 0.2) is 29.2 Å². The third-order valence-corrected chi connectivity index (χ3v) is 5.03. The van der Waals surface area contributed by atoms with E-state index in [0.717, 1.165) is 50.1 Å². The molecule has 0 saturated carbocycles. The summed E-state index contributed by atoms with van der Waals surface area (Å²) in [6.07, 6.45) is 2.11. The van der Waals surface area contributed by atoms with Gasteiger partial charge in [0.2, 0.25) is 19.1 Å². The maximum Gasteiger partial charge on any atom is 0.231 e. The summed E-state index contributed by atoms with van der Waals surface area (Å²) in [5.74, 6) is 3.22. The van der Waals surface area contributed by atoms with Crippen molar-refractivity contribution >= 4 is 32.4 Å². The lowest BCUT2D eigenvalue weighted by molar-refractivity contribution is -0.642. The Bertz CT molecular complexity index is 1220. The highest BCUT2D eigenvalue weighted by Crippen LogP contribution is 2.42. The van der Waals surface area contributed by atoms with E-state index in [1.165, 1.54) is 5.39 Å². The molecular formula is C20H15NO5. The average molecular weight is 349 g/mol. The second kappa shape index (κ2) is 5.12. The number of pyridine rings is 1. The molecule has 1 aromatic heterocycles. The minimum absolute atomic E-state index is 0. The molecule has 0 amide bonds. The molecule has 0 fully saturated rings. The number of nitrogens with zero attached hydrogens (tertiary/aromatic N) is 1. The first-order valence-electron chi connectivity index (χ1n) is 8.16. The van der Waals surface area contributed by atoms with Crippen molar-refractivity contribution in [1.29, 1.82) is 0 Å². The third kappa shape index (κ3) is 1.82. The number of aryl methyl sites for hydroxylation is 1. The Balaban J connectivity index is 0.00000150. The van der Waals surface area contributed by atoms with Gasteiger partial charge in [0, 0.05) is 5.39 Å². The standard InChI is InChI=1S/C20H14NO4.H2O/c1-21-8-15-12(4-5-16-20(15)25-10-22-16)13-3-2-11-6-17-18(24-9-23-17)7-14(11)19(13)21;/h2-8H,9-10H2,1H3;1H2/q+1;/p-1. The Morgan fingerprint density at radius 2 is 1.46 bits per heavy atom. The molecule has 4 aromatic rings. The van der Waals surface area contributed by atoms with E-state index in [1.54, 1.807) is 0 Å². The van der Waals surface area contributed by atoms with Crippen molar-refractivity contribution in [3.05, 3.63) is 42.6 Å². The summed E-state index contributed by atoms with van der Waals surface area (Å²) in [7, 11) is 2.06. The van der Waals surface area contributed by atoms with Crippen molar-refractivity contribution in [3.8, 4) is 23.0 Å². The molecule has 3 heterocycles. The van der Waals surface area contributed by atoms with Gasteiger partial charge in [-0.3, -0.25) is 0 Å². The average Bonchev–Trinajstić information content (AvgIpc) is 3.28. The lowest BCUT2D eigenvalue weighted by Gasteiger charge is -2.08. The van der Waals surface area contributed by atoms with Gasteiger partial charge in [-0.1, -0.05) is 6.07 Å². The number of hydrogen-bond acceptors (Lipinski definition) is 5. The first-order chi connectivity index (χ1) is 12.3. The summed E-state index contributed by atoms with van der Waals surface area (Å²) in [6.45, 7) is 0.555. The minimum Gasteiger partial charge on any atom is -0.870 e. The number of fused-ring (bicyclic) bond motifs is 8. The molecule has 3 aromatic carbocycles. The molecule has 0 aliphatic carbocycles. The zero-order valence-corrected chi connectivity index (χ0v) is 14.0. The molecule has 0 atom stereocenters. The quantitative estimate of drug-likeness (QED) is 0.360. The number of ether oxygens (including phenoxy) is 4. The summed E-state index contributed by atoms with van der Waals surface area (Å²) in [4.78, 5) is 0. The van der Waals surface area contributed by atoms with Crippen LogP contribution in [0.2, 0.25) is 0 Å². The van der Waals surface area contributed by atoms with Gasteiger partial charge in [-0.05, 0) is 35.7 Å². The predicted molar refractivity (Wildman–Crippen MR) is 94.3 cm³/mol. The van der Waals surface area contributed by atoms with Crippen LogP contribution in [0.4, 0.5) is 0 Å². The van der Waals surface area contributed by atoms with Crippen molar-refractivity contribution in [2.45, 2.75) is 0 Å². The van der Waals surface area contributed by atoms with Crippen LogP contribution in [0.1, 0.15) is 0 Å². The van der Waals surface area contributed by atoms with Gasteiger partial charge in [-0.25, -0.2) is 0 Å². The van der Waals surface area contributed by atoms with Crippen LogP contribution in [-0.4, -0.2) is 19.1 Å². The molecule has 6 heteroatoms. The minimum atomic E-state index is 0. The van der Waals surface area contributed by atoms with E-state index in [0.29, 0.717) is 0 Å². The van der Waals surface area contributed by atoms with Crippen molar-refractivity contribution in [1.82, 2.24) is 0 Å². The highest BCUT2D eigenvalue weighted by molar-refractivity contribution is 6.15. The van der Waals surface area contributed by atoms with Gasteiger partial charge in [0.05, 0.1) is 16.2 Å². The molecule has 6 rings (SSSR count). The van der Waals surface area contributed by atoms with Gasteiger partial charge in [-0.15, -0.1) is 0 Å². The molecule has 0 bridgehead atoms. The van der Waals surface area contributed by atoms with Crippen LogP contribution in [0.3, 0.4) is 0 Å². The lowest BCUT2D eigenvalue weighted by Crippen LogP contribution is -2.28. The predicted octanol–water partition coefficient (Wildman–Crippen LogP) is 3.25. The summed E-state index contributed by atoms with van der Waals surface area (Å²) in [6, 6.07) is 12.5. The van der Waals surface area contributed by atoms with Crippen LogP contribution in [0.5, 0.6) is 23.0 Å². The van der Waals surface area contributed by atoms with Gasteiger partial charge >= 0.3 is 0 Å². The monoisotopic (exact) mass is 349 g/mol. The number of aromatic nitrogens is 1. The fraction of sp³-hybridized carbons (Fsp3) is 0.150. The maximum absolute atomic E-state index is 5.69. The maximum atomic E-state index is 5.69. The molecule has 0 spiro atoms. The lowest BCUT2D eigenvalue weighted by atomic mass is 10.00. The normalized spacial score (nSPS) is 14.2. The van der Waals surface area contributed by atoms with Gasteiger partial charge in [-0.2, -0.15) is 4.57 Å². The zero-order chi connectivity index (χ0) is 16.5. The fourth-order valence-corrected chi connectivity index (χ4v) is 3.91. The van der Waals surface area contributed by atoms with Gasteiger partial charge < -0.3 is 24.4 Å². The Kier molecular flexibility index (Phi) is 2.96. The number of rotatable bonds is 0. The molecule has 26 heavy (non-hydrogen) atoms. The van der Waals surface area contributed by atoms with E-state index in [9.17, 15) is 0 Å². The van der Waals surface area contributed by atoms with Crippen molar-refractivity contribution in [2.24, 2.45) is 7.05 Å². The van der Waals surface area contributed by atoms with Crippen LogP contribution < -0.4 is 23.5 Å². The van der Waals surface area contributed by atoms with E-state index in [-0.39, 0.29) is 19.1 Å². The Hall–Kier alpha value is -3.25. The highest BCUT2D eigenvalue weighted by Gasteiger charge is 2.24. The molecule has 0 radical (unpaired) electrons. The second-order valence-corrected chi connectivity index (χ2v) is 6.39. The number of hydrogen-bond donors (Lipinski definition) is 0. The molecule has 0 saturated heterocycles. The molecule has 6 nitrogen and oxygen atoms in total. The van der Waals surface area contributed by atoms with E-state index >= 15 is 0 Å². The largest absolute Gasteiger partial charge is 0.870 e. The molecule has 2 aliphatic rings. The van der Waals surface area contributed by atoms with Crippen LogP contribution in [0.15, 0.2) is 42.6 Å². The summed E-state index contributed by atoms with van der Waals surface area (Å²) in [5.41, 5.74) is 1.15. The van der Waals surface area contributed by atoms with E-state index < -0.39 is 0 Å². The van der Waals surface area contributed by atoms with E-state index in [1.807, 2.05) is 12.1 Å². The number of benzene rings is 3. The van der Waals surface area contributed by atoms with Crippen LogP contribution in [0, 0.1) is 0 Å². The van der Waals surface area contributed by atoms with E-state index in [2.05, 4.69) is 42.1 Å². The SMILES string of the molecule is C[n+]1cc2c3c(ccc2c2ccc4cc5c(cc4c21)OCO5)OCO3.[OH-]. The fourth-order valence-electron chi connectivity index (χ4n) is 3.91. The Labute approximate surface area is 148 Å².